The van der Waals surface area contributed by atoms with E-state index >= 15 is 0 Å². The summed E-state index contributed by atoms with van der Waals surface area (Å²) in [6, 6.07) is 20.8. The Labute approximate surface area is 193 Å². The minimum Gasteiger partial charge on any atom is -0.459 e. The van der Waals surface area contributed by atoms with E-state index in [2.05, 4.69) is 10.3 Å². The second-order valence-corrected chi connectivity index (χ2v) is 7.84. The number of anilines is 1. The molecule has 7 nitrogen and oxygen atoms in total. The van der Waals surface area contributed by atoms with Crippen molar-refractivity contribution < 1.29 is 13.7 Å². The topological polar surface area (TPSA) is 84.4 Å². The van der Waals surface area contributed by atoms with Gasteiger partial charge in [-0.05, 0) is 60.7 Å². The van der Waals surface area contributed by atoms with Crippen molar-refractivity contribution in [3.63, 3.8) is 0 Å². The predicted molar refractivity (Wildman–Crippen MR) is 125 cm³/mol. The lowest BCUT2D eigenvalue weighted by molar-refractivity contribution is -0.384. The molecule has 2 atom stereocenters. The van der Waals surface area contributed by atoms with Crippen LogP contribution in [0.25, 0.3) is 11.3 Å². The molecule has 0 amide bonds. The molecule has 0 spiro atoms. The molecular formula is C24H17FN4O3S. The van der Waals surface area contributed by atoms with Gasteiger partial charge in [-0.1, -0.05) is 18.2 Å². The van der Waals surface area contributed by atoms with Gasteiger partial charge in [-0.3, -0.25) is 15.1 Å². The number of nitro groups is 1. The zero-order valence-electron chi connectivity index (χ0n) is 17.1. The van der Waals surface area contributed by atoms with E-state index in [0.29, 0.717) is 27.9 Å². The standard InChI is InChI=1S/C24H17FN4O3S/c25-17-5-1-2-7-19(17)28-23(22(27-24(28)33)18-6-3-4-14-26-18)21-13-12-20(32-21)15-8-10-16(11-9-15)29(30)31/h1-14,22-23H,(H,27,33)/t22-,23-/m0/s1. The van der Waals surface area contributed by atoms with Crippen LogP contribution in [0, 0.1) is 15.9 Å². The molecule has 1 saturated heterocycles. The minimum absolute atomic E-state index is 0.00295. The molecule has 5 rings (SSSR count). The van der Waals surface area contributed by atoms with E-state index < -0.39 is 16.8 Å². The van der Waals surface area contributed by atoms with Gasteiger partial charge in [0.2, 0.25) is 0 Å². The van der Waals surface area contributed by atoms with Crippen molar-refractivity contribution in [1.29, 1.82) is 0 Å². The van der Waals surface area contributed by atoms with Gasteiger partial charge in [-0.25, -0.2) is 4.39 Å². The number of aromatic nitrogens is 1. The maximum absolute atomic E-state index is 14.8. The molecule has 1 fully saturated rings. The second-order valence-electron chi connectivity index (χ2n) is 7.45. The van der Waals surface area contributed by atoms with Crippen LogP contribution in [0.5, 0.6) is 0 Å². The Bertz CT molecular complexity index is 1330. The van der Waals surface area contributed by atoms with Crippen molar-refractivity contribution >= 4 is 28.7 Å². The quantitative estimate of drug-likeness (QED) is 0.237. The van der Waals surface area contributed by atoms with Crippen LogP contribution >= 0.6 is 12.2 Å². The molecule has 2 aromatic heterocycles. The molecule has 1 aliphatic heterocycles. The monoisotopic (exact) mass is 460 g/mol. The summed E-state index contributed by atoms with van der Waals surface area (Å²) in [5, 5.41) is 14.6. The summed E-state index contributed by atoms with van der Waals surface area (Å²) in [4.78, 5) is 16.7. The highest BCUT2D eigenvalue weighted by molar-refractivity contribution is 7.80. The van der Waals surface area contributed by atoms with E-state index in [-0.39, 0.29) is 11.7 Å². The van der Waals surface area contributed by atoms with Gasteiger partial charge in [0.15, 0.2) is 5.11 Å². The van der Waals surface area contributed by atoms with Crippen LogP contribution in [0.2, 0.25) is 0 Å². The number of benzene rings is 2. The van der Waals surface area contributed by atoms with E-state index in [9.17, 15) is 14.5 Å². The number of hydrogen-bond acceptors (Lipinski definition) is 5. The normalized spacial score (nSPS) is 17.7. The van der Waals surface area contributed by atoms with Gasteiger partial charge >= 0.3 is 0 Å². The molecule has 33 heavy (non-hydrogen) atoms. The molecule has 4 aromatic rings. The van der Waals surface area contributed by atoms with Crippen molar-refractivity contribution in [2.24, 2.45) is 0 Å². The van der Waals surface area contributed by atoms with Crippen LogP contribution in [0.1, 0.15) is 23.5 Å². The maximum atomic E-state index is 14.8. The summed E-state index contributed by atoms with van der Waals surface area (Å²) in [5.74, 6) is 0.677. The van der Waals surface area contributed by atoms with E-state index in [0.717, 1.165) is 5.69 Å². The fraction of sp³-hybridized carbons (Fsp3) is 0.0833. The number of furan rings is 1. The highest BCUT2D eigenvalue weighted by atomic mass is 32.1. The van der Waals surface area contributed by atoms with E-state index in [1.165, 1.54) is 18.2 Å². The van der Waals surface area contributed by atoms with Crippen LogP contribution in [0.4, 0.5) is 15.8 Å². The van der Waals surface area contributed by atoms with E-state index in [1.807, 2.05) is 18.2 Å². The number of halogens is 1. The molecule has 0 unspecified atom stereocenters. The average molecular weight is 460 g/mol. The summed E-state index contributed by atoms with van der Waals surface area (Å²) in [5.41, 5.74) is 1.74. The number of non-ortho nitro benzene ring substituents is 1. The van der Waals surface area contributed by atoms with Gasteiger partial charge in [0.05, 0.1) is 22.3 Å². The third-order valence-electron chi connectivity index (χ3n) is 5.49. The number of thiocarbonyl (C=S) groups is 1. The molecule has 1 aliphatic rings. The Morgan fingerprint density at radius 1 is 1.03 bits per heavy atom. The number of nitro benzene ring substituents is 1. The van der Waals surface area contributed by atoms with Gasteiger partial charge in [0, 0.05) is 23.9 Å². The predicted octanol–water partition coefficient (Wildman–Crippen LogP) is 5.57. The first kappa shape index (κ1) is 20.8. The third-order valence-corrected chi connectivity index (χ3v) is 5.81. The molecule has 164 valence electrons. The number of nitrogens with one attached hydrogen (secondary N) is 1. The molecule has 1 N–H and O–H groups in total. The first-order valence-corrected chi connectivity index (χ1v) is 10.5. The van der Waals surface area contributed by atoms with Crippen molar-refractivity contribution in [3.05, 3.63) is 112 Å². The number of pyridine rings is 1. The number of hydrogen-bond donors (Lipinski definition) is 1. The maximum Gasteiger partial charge on any atom is 0.269 e. The fourth-order valence-electron chi connectivity index (χ4n) is 3.96. The summed E-state index contributed by atoms with van der Waals surface area (Å²) in [7, 11) is 0. The van der Waals surface area contributed by atoms with Gasteiger partial charge in [0.1, 0.15) is 23.4 Å². The van der Waals surface area contributed by atoms with Crippen molar-refractivity contribution in [1.82, 2.24) is 10.3 Å². The molecular weight excluding hydrogens is 443 g/mol. The largest absolute Gasteiger partial charge is 0.459 e. The minimum atomic E-state index is -0.504. The van der Waals surface area contributed by atoms with Crippen LogP contribution in [0.3, 0.4) is 0 Å². The van der Waals surface area contributed by atoms with Gasteiger partial charge < -0.3 is 14.6 Å². The van der Waals surface area contributed by atoms with Crippen molar-refractivity contribution in [3.8, 4) is 11.3 Å². The van der Waals surface area contributed by atoms with Crippen molar-refractivity contribution in [2.45, 2.75) is 12.1 Å². The van der Waals surface area contributed by atoms with Crippen LogP contribution in [0.15, 0.2) is 89.5 Å². The van der Waals surface area contributed by atoms with E-state index in [4.69, 9.17) is 16.6 Å². The van der Waals surface area contributed by atoms with Crippen molar-refractivity contribution in [2.75, 3.05) is 4.90 Å². The number of rotatable bonds is 5. The molecule has 0 radical (unpaired) electrons. The Hall–Kier alpha value is -4.11. The molecule has 2 aromatic carbocycles. The molecule has 0 aliphatic carbocycles. The lowest BCUT2D eigenvalue weighted by Gasteiger charge is -2.26. The molecule has 0 bridgehead atoms. The molecule has 9 heteroatoms. The van der Waals surface area contributed by atoms with Gasteiger partial charge in [0.25, 0.3) is 5.69 Å². The summed E-state index contributed by atoms with van der Waals surface area (Å²) in [6.07, 6.45) is 1.69. The average Bonchev–Trinajstić information content (AvgIpc) is 3.45. The summed E-state index contributed by atoms with van der Waals surface area (Å²) in [6.45, 7) is 0. The Morgan fingerprint density at radius 2 is 1.79 bits per heavy atom. The Balaban J connectivity index is 1.58. The highest BCUT2D eigenvalue weighted by Gasteiger charge is 2.43. The number of para-hydroxylation sites is 1. The molecule has 0 saturated carbocycles. The van der Waals surface area contributed by atoms with Gasteiger partial charge in [-0.2, -0.15) is 0 Å². The Morgan fingerprint density at radius 3 is 2.48 bits per heavy atom. The van der Waals surface area contributed by atoms with Crippen LogP contribution in [-0.4, -0.2) is 15.0 Å². The zero-order valence-corrected chi connectivity index (χ0v) is 17.9. The first-order valence-electron chi connectivity index (χ1n) is 10.1. The summed E-state index contributed by atoms with van der Waals surface area (Å²) >= 11 is 5.59. The third kappa shape index (κ3) is 3.83. The van der Waals surface area contributed by atoms with Crippen LogP contribution < -0.4 is 10.2 Å². The highest BCUT2D eigenvalue weighted by Crippen LogP contribution is 2.43. The SMILES string of the molecule is O=[N+]([O-])c1ccc(-c2ccc([C@H]3[C@H](c4ccccn4)NC(=S)N3c3ccccc3F)o2)cc1. The lowest BCUT2D eigenvalue weighted by atomic mass is 10.0. The fourth-order valence-corrected chi connectivity index (χ4v) is 4.30. The summed E-state index contributed by atoms with van der Waals surface area (Å²) < 4.78 is 21.0. The van der Waals surface area contributed by atoms with Gasteiger partial charge in [-0.15, -0.1) is 0 Å². The smallest absolute Gasteiger partial charge is 0.269 e. The number of nitrogens with zero attached hydrogens (tertiary/aromatic N) is 3. The van der Waals surface area contributed by atoms with Crippen LogP contribution in [-0.2, 0) is 0 Å². The zero-order chi connectivity index (χ0) is 22.9. The second kappa shape index (κ2) is 8.44. The Kier molecular flexibility index (Phi) is 5.31. The molecule has 3 heterocycles. The lowest BCUT2D eigenvalue weighted by Crippen LogP contribution is -2.30. The first-order chi connectivity index (χ1) is 16.0. The van der Waals surface area contributed by atoms with E-state index in [1.54, 1.807) is 53.6 Å².